The summed E-state index contributed by atoms with van der Waals surface area (Å²) in [6, 6.07) is 3.75. The lowest BCUT2D eigenvalue weighted by molar-refractivity contribution is 0.644. The van der Waals surface area contributed by atoms with Gasteiger partial charge in [-0.05, 0) is 18.6 Å². The first-order chi connectivity index (χ1) is 6.16. The molecule has 0 aliphatic rings. The van der Waals surface area contributed by atoms with Crippen molar-refractivity contribution >= 4 is 27.5 Å². The molecule has 0 radical (unpaired) electrons. The molecular formula is C10H13BrClN. The highest BCUT2D eigenvalue weighted by Crippen LogP contribution is 2.30. The topological polar surface area (TPSA) is 12.9 Å². The van der Waals surface area contributed by atoms with Gasteiger partial charge in [0.2, 0.25) is 0 Å². The van der Waals surface area contributed by atoms with Gasteiger partial charge in [-0.3, -0.25) is 4.98 Å². The van der Waals surface area contributed by atoms with Crippen LogP contribution in [0.3, 0.4) is 0 Å². The number of hydrogen-bond acceptors (Lipinski definition) is 1. The van der Waals surface area contributed by atoms with Crippen LogP contribution in [0.1, 0.15) is 31.9 Å². The van der Waals surface area contributed by atoms with Crippen LogP contribution >= 0.6 is 27.5 Å². The Labute approximate surface area is 92.6 Å². The van der Waals surface area contributed by atoms with Gasteiger partial charge in [0, 0.05) is 16.9 Å². The molecule has 1 rings (SSSR count). The molecule has 1 aromatic rings. The fourth-order valence-corrected chi connectivity index (χ4v) is 2.29. The van der Waals surface area contributed by atoms with Crippen molar-refractivity contribution in [2.24, 2.45) is 0 Å². The van der Waals surface area contributed by atoms with Crippen LogP contribution in [0.15, 0.2) is 18.3 Å². The van der Waals surface area contributed by atoms with Gasteiger partial charge in [-0.15, -0.1) is 0 Å². The zero-order valence-electron chi connectivity index (χ0n) is 7.80. The standard InChI is InChI=1S/C10H13BrClN/c1-3-8(7(2)11)10-9(12)5-4-6-13-10/h4-8H,3H2,1-2H3. The van der Waals surface area contributed by atoms with Crippen LogP contribution in [-0.4, -0.2) is 9.81 Å². The minimum Gasteiger partial charge on any atom is -0.259 e. The van der Waals surface area contributed by atoms with Crippen LogP contribution in [0.4, 0.5) is 0 Å². The molecule has 72 valence electrons. The molecule has 0 amide bonds. The number of pyridine rings is 1. The Morgan fingerprint density at radius 1 is 1.62 bits per heavy atom. The Bertz CT molecular complexity index is 275. The van der Waals surface area contributed by atoms with Crippen molar-refractivity contribution < 1.29 is 0 Å². The smallest absolute Gasteiger partial charge is 0.0631 e. The highest BCUT2D eigenvalue weighted by Gasteiger charge is 2.18. The summed E-state index contributed by atoms with van der Waals surface area (Å²) in [4.78, 5) is 4.72. The van der Waals surface area contributed by atoms with Crippen molar-refractivity contribution in [3.63, 3.8) is 0 Å². The molecule has 0 aliphatic heterocycles. The van der Waals surface area contributed by atoms with E-state index in [1.165, 1.54) is 0 Å². The number of rotatable bonds is 3. The molecule has 1 nitrogen and oxygen atoms in total. The van der Waals surface area contributed by atoms with E-state index in [1.807, 2.05) is 12.1 Å². The Balaban J connectivity index is 2.97. The number of aromatic nitrogens is 1. The minimum atomic E-state index is 0.397. The van der Waals surface area contributed by atoms with Crippen molar-refractivity contribution in [3.8, 4) is 0 Å². The van der Waals surface area contributed by atoms with Crippen molar-refractivity contribution in [1.82, 2.24) is 4.98 Å². The molecule has 3 heteroatoms. The fraction of sp³-hybridized carbons (Fsp3) is 0.500. The SMILES string of the molecule is CCC(c1ncccc1Cl)C(C)Br. The summed E-state index contributed by atoms with van der Waals surface area (Å²) in [6.45, 7) is 4.27. The number of hydrogen-bond donors (Lipinski definition) is 0. The summed E-state index contributed by atoms with van der Waals surface area (Å²) in [7, 11) is 0. The second-order valence-corrected chi connectivity index (χ2v) is 4.91. The van der Waals surface area contributed by atoms with Crippen LogP contribution < -0.4 is 0 Å². The van der Waals surface area contributed by atoms with Gasteiger partial charge < -0.3 is 0 Å². The van der Waals surface area contributed by atoms with E-state index in [0.29, 0.717) is 10.7 Å². The maximum absolute atomic E-state index is 6.06. The fourth-order valence-electron chi connectivity index (χ4n) is 1.41. The molecule has 0 bridgehead atoms. The maximum atomic E-state index is 6.06. The molecule has 0 spiro atoms. The molecule has 2 atom stereocenters. The van der Waals surface area contributed by atoms with Gasteiger partial charge in [-0.25, -0.2) is 0 Å². The first kappa shape index (κ1) is 11.0. The van der Waals surface area contributed by atoms with Crippen molar-refractivity contribution in [2.45, 2.75) is 31.0 Å². The zero-order valence-corrected chi connectivity index (χ0v) is 10.1. The lowest BCUT2D eigenvalue weighted by Gasteiger charge is -2.17. The van der Waals surface area contributed by atoms with Crippen LogP contribution in [0.25, 0.3) is 0 Å². The van der Waals surface area contributed by atoms with E-state index in [-0.39, 0.29) is 0 Å². The van der Waals surface area contributed by atoms with Crippen LogP contribution in [0.2, 0.25) is 5.02 Å². The second kappa shape index (κ2) is 4.97. The van der Waals surface area contributed by atoms with Gasteiger partial charge >= 0.3 is 0 Å². The van der Waals surface area contributed by atoms with Crippen molar-refractivity contribution in [3.05, 3.63) is 29.0 Å². The molecule has 0 aliphatic carbocycles. The van der Waals surface area contributed by atoms with Gasteiger partial charge in [-0.2, -0.15) is 0 Å². The third kappa shape index (κ3) is 2.68. The summed E-state index contributed by atoms with van der Waals surface area (Å²) in [5, 5.41) is 0.764. The molecule has 2 unspecified atom stereocenters. The molecule has 1 heterocycles. The summed E-state index contributed by atoms with van der Waals surface area (Å²) >= 11 is 9.63. The Morgan fingerprint density at radius 2 is 2.31 bits per heavy atom. The van der Waals surface area contributed by atoms with E-state index in [9.17, 15) is 0 Å². The van der Waals surface area contributed by atoms with E-state index in [4.69, 9.17) is 11.6 Å². The number of halogens is 2. The van der Waals surface area contributed by atoms with Crippen LogP contribution in [-0.2, 0) is 0 Å². The van der Waals surface area contributed by atoms with Crippen LogP contribution in [0, 0.1) is 0 Å². The average Bonchev–Trinajstić information content (AvgIpc) is 2.09. The monoisotopic (exact) mass is 261 g/mol. The molecule has 0 saturated heterocycles. The van der Waals surface area contributed by atoms with Crippen molar-refractivity contribution in [2.75, 3.05) is 0 Å². The Morgan fingerprint density at radius 3 is 2.77 bits per heavy atom. The predicted molar refractivity (Wildman–Crippen MR) is 60.7 cm³/mol. The van der Waals surface area contributed by atoms with E-state index in [0.717, 1.165) is 17.1 Å². The molecule has 0 N–H and O–H groups in total. The highest BCUT2D eigenvalue weighted by molar-refractivity contribution is 9.09. The molecule has 0 fully saturated rings. The van der Waals surface area contributed by atoms with E-state index in [1.54, 1.807) is 6.20 Å². The van der Waals surface area contributed by atoms with Gasteiger partial charge in [0.25, 0.3) is 0 Å². The third-order valence-corrected chi connectivity index (χ3v) is 3.09. The molecule has 0 aromatic carbocycles. The minimum absolute atomic E-state index is 0.397. The largest absolute Gasteiger partial charge is 0.259 e. The van der Waals surface area contributed by atoms with Crippen LogP contribution in [0.5, 0.6) is 0 Å². The van der Waals surface area contributed by atoms with Crippen molar-refractivity contribution in [1.29, 1.82) is 0 Å². The molecular weight excluding hydrogens is 249 g/mol. The quantitative estimate of drug-likeness (QED) is 0.750. The molecule has 13 heavy (non-hydrogen) atoms. The highest BCUT2D eigenvalue weighted by atomic mass is 79.9. The Kier molecular flexibility index (Phi) is 4.20. The van der Waals surface area contributed by atoms with Gasteiger partial charge in [0.15, 0.2) is 0 Å². The number of alkyl halides is 1. The van der Waals surface area contributed by atoms with E-state index < -0.39 is 0 Å². The first-order valence-electron chi connectivity index (χ1n) is 4.41. The zero-order chi connectivity index (χ0) is 9.84. The summed E-state index contributed by atoms with van der Waals surface area (Å²) in [5.74, 6) is 0.397. The summed E-state index contributed by atoms with van der Waals surface area (Å²) in [6.07, 6.45) is 2.84. The molecule has 0 saturated carbocycles. The van der Waals surface area contributed by atoms with Gasteiger partial charge in [-0.1, -0.05) is 41.4 Å². The maximum Gasteiger partial charge on any atom is 0.0631 e. The Hall–Kier alpha value is -0.0800. The predicted octanol–water partition coefficient (Wildman–Crippen LogP) is 4.01. The first-order valence-corrected chi connectivity index (χ1v) is 5.70. The van der Waals surface area contributed by atoms with E-state index in [2.05, 4.69) is 34.8 Å². The second-order valence-electron chi connectivity index (χ2n) is 3.06. The van der Waals surface area contributed by atoms with Gasteiger partial charge in [0.05, 0.1) is 10.7 Å². The lowest BCUT2D eigenvalue weighted by Crippen LogP contribution is -2.10. The van der Waals surface area contributed by atoms with Gasteiger partial charge in [0.1, 0.15) is 0 Å². The summed E-state index contributed by atoms with van der Waals surface area (Å²) in [5.41, 5.74) is 0.996. The lowest BCUT2D eigenvalue weighted by atomic mass is 9.99. The van der Waals surface area contributed by atoms with E-state index >= 15 is 0 Å². The third-order valence-electron chi connectivity index (χ3n) is 2.13. The summed E-state index contributed by atoms with van der Waals surface area (Å²) < 4.78 is 0. The normalized spacial score (nSPS) is 15.4. The molecule has 1 aromatic heterocycles. The number of nitrogens with zero attached hydrogens (tertiary/aromatic N) is 1. The average molecular weight is 263 g/mol.